The number of Topliss-reactive ketones (excluding diaryl/α,β-unsaturated/α-hetero) is 1. The highest BCUT2D eigenvalue weighted by molar-refractivity contribution is 5.91. The van der Waals surface area contributed by atoms with Gasteiger partial charge < -0.3 is 4.90 Å². The molecule has 32 heavy (non-hydrogen) atoms. The van der Waals surface area contributed by atoms with Crippen molar-refractivity contribution in [3.63, 3.8) is 0 Å². The van der Waals surface area contributed by atoms with Crippen LogP contribution in [0.25, 0.3) is 21.9 Å². The Balaban J connectivity index is 1.43. The van der Waals surface area contributed by atoms with E-state index in [0.717, 1.165) is 21.9 Å². The van der Waals surface area contributed by atoms with Crippen LogP contribution in [0.15, 0.2) is 42.9 Å². The summed E-state index contributed by atoms with van der Waals surface area (Å²) in [5, 5.41) is 5.97. The van der Waals surface area contributed by atoms with Crippen molar-refractivity contribution in [3.05, 3.63) is 48.5 Å². The van der Waals surface area contributed by atoms with Gasteiger partial charge in [-0.2, -0.15) is 18.3 Å². The molecule has 2 aromatic heterocycles. The van der Waals surface area contributed by atoms with E-state index in [-0.39, 0.29) is 38.9 Å². The largest absolute Gasteiger partial charge is 0.390 e. The van der Waals surface area contributed by atoms with Crippen molar-refractivity contribution in [2.24, 2.45) is 7.05 Å². The van der Waals surface area contributed by atoms with Gasteiger partial charge in [0, 0.05) is 68.6 Å². The smallest absolute Gasteiger partial charge is 0.303 e. The van der Waals surface area contributed by atoms with Gasteiger partial charge >= 0.3 is 6.18 Å². The number of piperidine rings is 1. The number of fused-ring (bicyclic) bond motifs is 1. The van der Waals surface area contributed by atoms with Gasteiger partial charge in [0.25, 0.3) is 0 Å². The second-order valence-electron chi connectivity index (χ2n) is 8.41. The van der Waals surface area contributed by atoms with Crippen LogP contribution >= 0.6 is 0 Å². The predicted molar refractivity (Wildman–Crippen MR) is 113 cm³/mol. The quantitative estimate of drug-likeness (QED) is 0.521. The number of rotatable bonds is 6. The molecule has 0 unspecified atom stereocenters. The molecule has 0 radical (unpaired) electrons. The van der Waals surface area contributed by atoms with E-state index in [4.69, 9.17) is 0 Å². The van der Waals surface area contributed by atoms with Crippen molar-refractivity contribution in [2.45, 2.75) is 37.5 Å². The van der Waals surface area contributed by atoms with Crippen LogP contribution in [-0.4, -0.2) is 56.9 Å². The molecular formula is C23H24F4N4O. The fourth-order valence-corrected chi connectivity index (χ4v) is 4.05. The zero-order chi connectivity index (χ0) is 22.9. The number of hydrogen-bond donors (Lipinski definition) is 0. The zero-order valence-electron chi connectivity index (χ0n) is 17.7. The molecule has 0 saturated carbocycles. The van der Waals surface area contributed by atoms with Crippen LogP contribution in [0.5, 0.6) is 0 Å². The number of ketones is 1. The van der Waals surface area contributed by atoms with Crippen molar-refractivity contribution in [3.8, 4) is 11.1 Å². The van der Waals surface area contributed by atoms with Crippen molar-refractivity contribution >= 4 is 16.6 Å². The highest BCUT2D eigenvalue weighted by atomic mass is 19.4. The summed E-state index contributed by atoms with van der Waals surface area (Å²) in [6, 6.07) is 7.67. The number of aromatic nitrogens is 3. The molecule has 0 N–H and O–H groups in total. The Bertz CT molecular complexity index is 1120. The van der Waals surface area contributed by atoms with Crippen LogP contribution in [0.3, 0.4) is 0 Å². The second kappa shape index (κ2) is 8.61. The Hall–Kier alpha value is -2.81. The van der Waals surface area contributed by atoms with Crippen molar-refractivity contribution in [1.29, 1.82) is 0 Å². The van der Waals surface area contributed by atoms with Gasteiger partial charge in [0.1, 0.15) is 0 Å². The standard InChI is InChI=1S/C23H24F4N4O/c1-30-15-19(14-29-30)16-2-3-17-13-28-20(11-18(17)10-16)12-21(32)22(24)4-7-31(8-5-22)9-6-23(25,26)27/h2-3,10-11,13-15H,4-9,12H2,1H3. The van der Waals surface area contributed by atoms with Gasteiger partial charge in [0.15, 0.2) is 11.5 Å². The van der Waals surface area contributed by atoms with Gasteiger partial charge in [0.2, 0.25) is 0 Å². The third-order valence-electron chi connectivity index (χ3n) is 6.02. The van der Waals surface area contributed by atoms with Gasteiger partial charge in [0.05, 0.1) is 19.0 Å². The average molecular weight is 448 g/mol. The second-order valence-corrected chi connectivity index (χ2v) is 8.41. The number of benzene rings is 1. The van der Waals surface area contributed by atoms with Crippen LogP contribution < -0.4 is 0 Å². The lowest BCUT2D eigenvalue weighted by Gasteiger charge is -2.35. The first-order valence-corrected chi connectivity index (χ1v) is 10.5. The van der Waals surface area contributed by atoms with Gasteiger partial charge in [-0.25, -0.2) is 4.39 Å². The fourth-order valence-electron chi connectivity index (χ4n) is 4.05. The van der Waals surface area contributed by atoms with E-state index in [1.54, 1.807) is 28.0 Å². The van der Waals surface area contributed by atoms with Crippen LogP contribution in [0.4, 0.5) is 17.6 Å². The van der Waals surface area contributed by atoms with Crippen molar-refractivity contribution in [1.82, 2.24) is 19.7 Å². The highest BCUT2D eigenvalue weighted by Crippen LogP contribution is 2.31. The van der Waals surface area contributed by atoms with E-state index in [1.807, 2.05) is 31.4 Å². The molecule has 1 aliphatic rings. The monoisotopic (exact) mass is 448 g/mol. The number of likely N-dealkylation sites (tertiary alicyclic amines) is 1. The van der Waals surface area contributed by atoms with Gasteiger partial charge in [-0.15, -0.1) is 0 Å². The highest BCUT2D eigenvalue weighted by Gasteiger charge is 2.41. The summed E-state index contributed by atoms with van der Waals surface area (Å²) >= 11 is 0. The van der Waals surface area contributed by atoms with Crippen LogP contribution in [-0.2, 0) is 18.3 Å². The molecule has 0 bridgehead atoms. The van der Waals surface area contributed by atoms with Gasteiger partial charge in [-0.1, -0.05) is 12.1 Å². The van der Waals surface area contributed by atoms with Crippen molar-refractivity contribution < 1.29 is 22.4 Å². The van der Waals surface area contributed by atoms with Crippen LogP contribution in [0, 0.1) is 0 Å². The minimum atomic E-state index is -4.24. The summed E-state index contributed by atoms with van der Waals surface area (Å²) in [4.78, 5) is 18.6. The molecule has 1 saturated heterocycles. The Labute approximate surface area is 183 Å². The average Bonchev–Trinajstić information content (AvgIpc) is 3.18. The lowest BCUT2D eigenvalue weighted by Crippen LogP contribution is -2.47. The molecule has 1 fully saturated rings. The third kappa shape index (κ3) is 5.15. The number of carbonyl (C=O) groups is 1. The van der Waals surface area contributed by atoms with E-state index in [9.17, 15) is 18.0 Å². The minimum absolute atomic E-state index is 0.0948. The zero-order valence-corrected chi connectivity index (χ0v) is 17.7. The molecule has 4 rings (SSSR count). The minimum Gasteiger partial charge on any atom is -0.303 e. The third-order valence-corrected chi connectivity index (χ3v) is 6.02. The number of alkyl halides is 4. The summed E-state index contributed by atoms with van der Waals surface area (Å²) in [5.74, 6) is -0.566. The molecule has 1 aliphatic heterocycles. The first kappa shape index (κ1) is 22.4. The number of aryl methyl sites for hydroxylation is 1. The fraction of sp³-hybridized carbons (Fsp3) is 0.435. The molecule has 0 atom stereocenters. The van der Waals surface area contributed by atoms with Gasteiger partial charge in [-0.05, 0) is 23.1 Å². The SMILES string of the molecule is Cn1cc(-c2ccc3cnc(CC(=O)C4(F)CCN(CCC(F)(F)F)CC4)cc3c2)cn1. The number of nitrogens with zero attached hydrogens (tertiary/aromatic N) is 4. The molecule has 9 heteroatoms. The first-order chi connectivity index (χ1) is 15.1. The number of halogens is 4. The summed E-state index contributed by atoms with van der Waals surface area (Å²) in [6.07, 6.45) is -0.172. The maximum absolute atomic E-state index is 15.3. The molecule has 0 aliphatic carbocycles. The van der Waals surface area contributed by atoms with Gasteiger partial charge in [-0.3, -0.25) is 14.5 Å². The first-order valence-electron chi connectivity index (χ1n) is 10.5. The molecule has 5 nitrogen and oxygen atoms in total. The predicted octanol–water partition coefficient (Wildman–Crippen LogP) is 4.50. The number of hydrogen-bond acceptors (Lipinski definition) is 4. The summed E-state index contributed by atoms with van der Waals surface area (Å²) in [5.41, 5.74) is 0.386. The molecule has 1 aromatic carbocycles. The van der Waals surface area contributed by atoms with Crippen LogP contribution in [0.2, 0.25) is 0 Å². The summed E-state index contributed by atoms with van der Waals surface area (Å²) in [7, 11) is 1.84. The van der Waals surface area contributed by atoms with E-state index in [2.05, 4.69) is 10.1 Å². The topological polar surface area (TPSA) is 51.0 Å². The number of carbonyl (C=O) groups excluding carboxylic acids is 1. The van der Waals surface area contributed by atoms with E-state index >= 15 is 4.39 Å². The van der Waals surface area contributed by atoms with E-state index < -0.39 is 24.0 Å². The number of pyridine rings is 1. The molecule has 0 spiro atoms. The lowest BCUT2D eigenvalue weighted by atomic mass is 9.86. The Morgan fingerprint density at radius 1 is 1.09 bits per heavy atom. The summed E-state index contributed by atoms with van der Waals surface area (Å²) < 4.78 is 54.2. The molecule has 170 valence electrons. The molecule has 0 amide bonds. The lowest BCUT2D eigenvalue weighted by molar-refractivity contribution is -0.142. The van der Waals surface area contributed by atoms with Crippen LogP contribution in [0.1, 0.15) is 25.0 Å². The van der Waals surface area contributed by atoms with E-state index in [0.29, 0.717) is 5.69 Å². The van der Waals surface area contributed by atoms with Crippen molar-refractivity contribution in [2.75, 3.05) is 19.6 Å². The maximum atomic E-state index is 15.3. The Kier molecular flexibility index (Phi) is 6.03. The summed E-state index contributed by atoms with van der Waals surface area (Å²) in [6.45, 7) is 0.106. The molecule has 3 aromatic rings. The maximum Gasteiger partial charge on any atom is 0.390 e. The Morgan fingerprint density at radius 2 is 1.84 bits per heavy atom. The molecule has 3 heterocycles. The van der Waals surface area contributed by atoms with E-state index in [1.165, 1.54) is 0 Å². The molecular weight excluding hydrogens is 424 g/mol. The Morgan fingerprint density at radius 3 is 2.50 bits per heavy atom. The normalized spacial score (nSPS) is 17.0.